The summed E-state index contributed by atoms with van der Waals surface area (Å²) in [4.78, 5) is 28.6. The number of amides is 1. The average molecular weight is 547 g/mol. The fourth-order valence-corrected chi connectivity index (χ4v) is 7.01. The summed E-state index contributed by atoms with van der Waals surface area (Å²) < 4.78 is 35.5. The fraction of sp³-hybridized carbons (Fsp3) is 0.440. The third-order valence-electron chi connectivity index (χ3n) is 6.60. The molecule has 0 atom stereocenters. The van der Waals surface area contributed by atoms with Crippen LogP contribution in [0.5, 0.6) is 0 Å². The summed E-state index contributed by atoms with van der Waals surface area (Å²) in [5.74, 6) is -0.532. The molecule has 1 aliphatic carbocycles. The first-order chi connectivity index (χ1) is 17.7. The number of hydrogen-bond acceptors (Lipinski definition) is 7. The van der Waals surface area contributed by atoms with Gasteiger partial charge in [0.1, 0.15) is 0 Å². The number of nitro groups is 1. The summed E-state index contributed by atoms with van der Waals surface area (Å²) in [5, 5.41) is 11.2. The molecular weight excluding hydrogens is 516 g/mol. The van der Waals surface area contributed by atoms with Gasteiger partial charge in [-0.15, -0.1) is 0 Å². The number of thiazole rings is 1. The monoisotopic (exact) mass is 546 g/mol. The Morgan fingerprint density at radius 1 is 1.19 bits per heavy atom. The number of carbonyl (C=O) groups excluding carboxylic acids is 1. The summed E-state index contributed by atoms with van der Waals surface area (Å²) in [6.07, 6.45) is 4.89. The Morgan fingerprint density at radius 3 is 2.54 bits per heavy atom. The summed E-state index contributed by atoms with van der Waals surface area (Å²) >= 11 is 1.18. The normalized spacial score (nSPS) is 15.5. The van der Waals surface area contributed by atoms with Crippen LogP contribution in [0.15, 0.2) is 52.4 Å². The molecule has 37 heavy (non-hydrogen) atoms. The molecular formula is C25H30N4O6S2. The standard InChI is InChI=1S/C25H30N4O6S2/c1-3-35-16-15-28-22-14-11-20(29(31)32)17-23(22)36-25(28)26-24(30)18-9-12-21(13-10-18)37(33,34)27(2)19-7-5-4-6-8-19/h9-14,17,19H,3-8,15-16H2,1-2H3. The maximum Gasteiger partial charge on any atom is 0.279 e. The van der Waals surface area contributed by atoms with Crippen LogP contribution in [0.2, 0.25) is 0 Å². The Morgan fingerprint density at radius 2 is 1.89 bits per heavy atom. The lowest BCUT2D eigenvalue weighted by atomic mass is 9.96. The number of nitro benzene ring substituents is 1. The van der Waals surface area contributed by atoms with Gasteiger partial charge in [0, 0.05) is 43.9 Å². The topological polar surface area (TPSA) is 124 Å². The number of ether oxygens (including phenoxy) is 1. The Labute approximate surface area is 219 Å². The average Bonchev–Trinajstić information content (AvgIpc) is 3.24. The van der Waals surface area contributed by atoms with Crippen molar-refractivity contribution < 1.29 is 22.9 Å². The van der Waals surface area contributed by atoms with Gasteiger partial charge in [-0.3, -0.25) is 14.9 Å². The maximum atomic E-state index is 13.1. The molecule has 1 amide bonds. The van der Waals surface area contributed by atoms with E-state index < -0.39 is 20.9 Å². The van der Waals surface area contributed by atoms with Crippen molar-refractivity contribution in [3.8, 4) is 0 Å². The van der Waals surface area contributed by atoms with Gasteiger partial charge in [0.15, 0.2) is 4.80 Å². The number of nitrogens with zero attached hydrogens (tertiary/aromatic N) is 4. The van der Waals surface area contributed by atoms with E-state index >= 15 is 0 Å². The highest BCUT2D eigenvalue weighted by molar-refractivity contribution is 7.89. The van der Waals surface area contributed by atoms with Crippen molar-refractivity contribution in [1.29, 1.82) is 0 Å². The number of fused-ring (bicyclic) bond motifs is 1. The van der Waals surface area contributed by atoms with Crippen molar-refractivity contribution in [2.24, 2.45) is 4.99 Å². The molecule has 0 bridgehead atoms. The minimum Gasteiger partial charge on any atom is -0.380 e. The van der Waals surface area contributed by atoms with Gasteiger partial charge in [-0.1, -0.05) is 30.6 Å². The summed E-state index contributed by atoms with van der Waals surface area (Å²) in [5.41, 5.74) is 0.923. The number of sulfonamides is 1. The zero-order valence-electron chi connectivity index (χ0n) is 20.8. The molecule has 198 valence electrons. The molecule has 1 saturated carbocycles. The van der Waals surface area contributed by atoms with Gasteiger partial charge < -0.3 is 9.30 Å². The van der Waals surface area contributed by atoms with Gasteiger partial charge in [0.2, 0.25) is 10.0 Å². The van der Waals surface area contributed by atoms with Crippen molar-refractivity contribution in [1.82, 2.24) is 8.87 Å². The lowest BCUT2D eigenvalue weighted by molar-refractivity contribution is -0.384. The third kappa shape index (κ3) is 5.98. The minimum atomic E-state index is -3.67. The molecule has 1 heterocycles. The lowest BCUT2D eigenvalue weighted by Gasteiger charge is -2.30. The van der Waals surface area contributed by atoms with Gasteiger partial charge in [-0.05, 0) is 50.1 Å². The second-order valence-corrected chi connectivity index (χ2v) is 11.9. The van der Waals surface area contributed by atoms with E-state index in [2.05, 4.69) is 4.99 Å². The van der Waals surface area contributed by atoms with Gasteiger partial charge in [-0.25, -0.2) is 8.42 Å². The molecule has 0 radical (unpaired) electrons. The van der Waals surface area contributed by atoms with Crippen LogP contribution in [0.25, 0.3) is 10.2 Å². The highest BCUT2D eigenvalue weighted by Crippen LogP contribution is 2.27. The zero-order valence-corrected chi connectivity index (χ0v) is 22.5. The number of rotatable bonds is 9. The molecule has 0 saturated heterocycles. The number of hydrogen-bond donors (Lipinski definition) is 0. The minimum absolute atomic E-state index is 0.00835. The van der Waals surface area contributed by atoms with Crippen molar-refractivity contribution >= 4 is 43.2 Å². The first kappa shape index (κ1) is 27.1. The van der Waals surface area contributed by atoms with E-state index in [-0.39, 0.29) is 22.2 Å². The molecule has 1 aromatic heterocycles. The van der Waals surface area contributed by atoms with Crippen LogP contribution in [0.4, 0.5) is 5.69 Å². The van der Waals surface area contributed by atoms with Crippen molar-refractivity contribution in [2.75, 3.05) is 20.3 Å². The number of aromatic nitrogens is 1. The van der Waals surface area contributed by atoms with Crippen molar-refractivity contribution in [3.63, 3.8) is 0 Å². The second kappa shape index (κ2) is 11.6. The van der Waals surface area contributed by atoms with Gasteiger partial charge in [-0.2, -0.15) is 9.30 Å². The van der Waals surface area contributed by atoms with E-state index in [0.29, 0.717) is 34.8 Å². The molecule has 0 spiro atoms. The predicted molar refractivity (Wildman–Crippen MR) is 141 cm³/mol. The Bertz CT molecular complexity index is 1450. The first-order valence-electron chi connectivity index (χ1n) is 12.2. The van der Waals surface area contributed by atoms with E-state index in [1.54, 1.807) is 17.7 Å². The summed E-state index contributed by atoms with van der Waals surface area (Å²) in [6.45, 7) is 3.22. The van der Waals surface area contributed by atoms with Crippen LogP contribution in [-0.4, -0.2) is 54.4 Å². The molecule has 2 aromatic carbocycles. The summed E-state index contributed by atoms with van der Waals surface area (Å²) in [7, 11) is -2.05. The zero-order chi connectivity index (χ0) is 26.6. The Balaban J connectivity index is 1.63. The van der Waals surface area contributed by atoms with Crippen LogP contribution in [-0.2, 0) is 21.3 Å². The number of non-ortho nitro benzene ring substituents is 1. The number of benzene rings is 2. The Kier molecular flexibility index (Phi) is 8.53. The Hall–Kier alpha value is -2.93. The molecule has 3 aromatic rings. The molecule has 12 heteroatoms. The highest BCUT2D eigenvalue weighted by Gasteiger charge is 2.29. The molecule has 10 nitrogen and oxygen atoms in total. The molecule has 1 aliphatic rings. The van der Waals surface area contributed by atoms with Crippen LogP contribution in [0, 0.1) is 10.1 Å². The van der Waals surface area contributed by atoms with Gasteiger partial charge in [0.05, 0.1) is 26.6 Å². The van der Waals surface area contributed by atoms with Crippen molar-refractivity contribution in [2.45, 2.75) is 56.5 Å². The second-order valence-electron chi connectivity index (χ2n) is 8.90. The molecule has 0 aliphatic heterocycles. The van der Waals surface area contributed by atoms with E-state index in [1.807, 2.05) is 6.92 Å². The molecule has 4 rings (SSSR count). The van der Waals surface area contributed by atoms with Gasteiger partial charge >= 0.3 is 0 Å². The SMILES string of the molecule is CCOCCn1c(=NC(=O)c2ccc(S(=O)(=O)N(C)C3CCCCC3)cc2)sc2cc([N+](=O)[O-])ccc21. The van der Waals surface area contributed by atoms with Crippen LogP contribution in [0.3, 0.4) is 0 Å². The first-order valence-corrected chi connectivity index (χ1v) is 14.5. The number of carbonyl (C=O) groups is 1. The summed E-state index contributed by atoms with van der Waals surface area (Å²) in [6, 6.07) is 10.3. The predicted octanol–water partition coefficient (Wildman–Crippen LogP) is 4.34. The lowest BCUT2D eigenvalue weighted by Crippen LogP contribution is -2.38. The van der Waals surface area contributed by atoms with Gasteiger partial charge in [0.25, 0.3) is 11.6 Å². The quantitative estimate of drug-likeness (QED) is 0.223. The van der Waals surface area contributed by atoms with Crippen LogP contribution < -0.4 is 4.80 Å². The maximum absolute atomic E-state index is 13.1. The molecule has 0 unspecified atom stereocenters. The largest absolute Gasteiger partial charge is 0.380 e. The third-order valence-corrected chi connectivity index (χ3v) is 9.57. The fourth-order valence-electron chi connectivity index (χ4n) is 4.51. The van der Waals surface area contributed by atoms with E-state index in [0.717, 1.165) is 32.1 Å². The van der Waals surface area contributed by atoms with E-state index in [4.69, 9.17) is 4.74 Å². The van der Waals surface area contributed by atoms with E-state index in [9.17, 15) is 23.3 Å². The molecule has 0 N–H and O–H groups in total. The van der Waals surface area contributed by atoms with Crippen LogP contribution in [0.1, 0.15) is 49.4 Å². The van der Waals surface area contributed by atoms with Crippen LogP contribution >= 0.6 is 11.3 Å². The molecule has 1 fully saturated rings. The smallest absolute Gasteiger partial charge is 0.279 e. The van der Waals surface area contributed by atoms with E-state index in [1.165, 1.54) is 52.0 Å². The highest BCUT2D eigenvalue weighted by atomic mass is 32.2. The van der Waals surface area contributed by atoms with Crippen molar-refractivity contribution in [3.05, 3.63) is 62.9 Å².